The van der Waals surface area contributed by atoms with Gasteiger partial charge in [0.15, 0.2) is 0 Å². The lowest BCUT2D eigenvalue weighted by molar-refractivity contribution is 0.0244. The van der Waals surface area contributed by atoms with Crippen LogP contribution in [0.2, 0.25) is 0 Å². The van der Waals surface area contributed by atoms with Crippen molar-refractivity contribution >= 4 is 0 Å². The fourth-order valence-corrected chi connectivity index (χ4v) is 3.65. The van der Waals surface area contributed by atoms with Crippen molar-refractivity contribution in [2.75, 3.05) is 33.9 Å². The number of ether oxygens (including phenoxy) is 2. The van der Waals surface area contributed by atoms with Crippen molar-refractivity contribution in [3.8, 4) is 0 Å². The van der Waals surface area contributed by atoms with Crippen LogP contribution in [-0.4, -0.2) is 52.1 Å². The van der Waals surface area contributed by atoms with Crippen LogP contribution < -0.4 is 10.6 Å². The number of rotatable bonds is 7. The van der Waals surface area contributed by atoms with Crippen LogP contribution in [0.4, 0.5) is 0 Å². The summed E-state index contributed by atoms with van der Waals surface area (Å²) < 4.78 is 10.6. The van der Waals surface area contributed by atoms with Crippen LogP contribution in [0.25, 0.3) is 0 Å². The van der Waals surface area contributed by atoms with Crippen molar-refractivity contribution in [2.24, 2.45) is 5.92 Å². The molecule has 112 valence electrons. The van der Waals surface area contributed by atoms with Crippen molar-refractivity contribution in [1.82, 2.24) is 10.6 Å². The highest BCUT2D eigenvalue weighted by Gasteiger charge is 2.33. The minimum atomic E-state index is 0.170. The van der Waals surface area contributed by atoms with E-state index in [1.807, 2.05) is 0 Å². The van der Waals surface area contributed by atoms with Gasteiger partial charge in [0.05, 0.1) is 12.7 Å². The van der Waals surface area contributed by atoms with Crippen LogP contribution in [0.1, 0.15) is 38.5 Å². The van der Waals surface area contributed by atoms with Gasteiger partial charge in [0.25, 0.3) is 0 Å². The maximum absolute atomic E-state index is 5.44. The molecule has 2 fully saturated rings. The Hall–Kier alpha value is -0.160. The van der Waals surface area contributed by atoms with Gasteiger partial charge in [-0.25, -0.2) is 0 Å². The third-order valence-electron chi connectivity index (χ3n) is 4.73. The van der Waals surface area contributed by atoms with E-state index in [9.17, 15) is 0 Å². The minimum Gasteiger partial charge on any atom is -0.382 e. The van der Waals surface area contributed by atoms with Gasteiger partial charge in [0.2, 0.25) is 0 Å². The first kappa shape index (κ1) is 15.2. The van der Waals surface area contributed by atoms with E-state index in [1.165, 1.54) is 45.1 Å². The number of methoxy groups -OCH3 is 2. The molecular formula is C15H30N2O2. The topological polar surface area (TPSA) is 42.5 Å². The first-order valence-electron chi connectivity index (χ1n) is 7.83. The molecule has 1 heterocycles. The molecule has 4 atom stereocenters. The summed E-state index contributed by atoms with van der Waals surface area (Å²) in [6, 6.07) is 1.39. The van der Waals surface area contributed by atoms with Crippen LogP contribution in [0.15, 0.2) is 0 Å². The SMILES string of the molecule is COCC(CNC1CCCCC1C1CCCN1)OC. The minimum absolute atomic E-state index is 0.170. The van der Waals surface area contributed by atoms with Crippen LogP contribution in [0.5, 0.6) is 0 Å². The second-order valence-corrected chi connectivity index (χ2v) is 5.98. The van der Waals surface area contributed by atoms with E-state index in [1.54, 1.807) is 14.2 Å². The van der Waals surface area contributed by atoms with Crippen LogP contribution in [0, 0.1) is 5.92 Å². The molecule has 4 heteroatoms. The van der Waals surface area contributed by atoms with Crippen LogP contribution in [-0.2, 0) is 9.47 Å². The van der Waals surface area contributed by atoms with E-state index in [-0.39, 0.29) is 6.10 Å². The second kappa shape index (κ2) is 8.20. The average Bonchev–Trinajstić information content (AvgIpc) is 2.98. The molecular weight excluding hydrogens is 240 g/mol. The Bertz CT molecular complexity index is 244. The van der Waals surface area contributed by atoms with Gasteiger partial charge < -0.3 is 20.1 Å². The predicted octanol–water partition coefficient (Wildman–Crippen LogP) is 1.55. The summed E-state index contributed by atoms with van der Waals surface area (Å²) in [4.78, 5) is 0. The fourth-order valence-electron chi connectivity index (χ4n) is 3.65. The molecule has 1 saturated carbocycles. The maximum atomic E-state index is 5.44. The second-order valence-electron chi connectivity index (χ2n) is 5.98. The van der Waals surface area contributed by atoms with Crippen molar-refractivity contribution < 1.29 is 9.47 Å². The molecule has 1 aliphatic carbocycles. The first-order chi connectivity index (χ1) is 9.35. The quantitative estimate of drug-likeness (QED) is 0.736. The van der Waals surface area contributed by atoms with E-state index in [0.29, 0.717) is 12.6 Å². The Morgan fingerprint density at radius 3 is 2.68 bits per heavy atom. The molecule has 0 aromatic carbocycles. The summed E-state index contributed by atoms with van der Waals surface area (Å²) in [5, 5.41) is 7.43. The van der Waals surface area contributed by atoms with Gasteiger partial charge in [-0.2, -0.15) is 0 Å². The zero-order valence-electron chi connectivity index (χ0n) is 12.5. The van der Waals surface area contributed by atoms with Gasteiger partial charge in [-0.1, -0.05) is 12.8 Å². The molecule has 2 aliphatic rings. The van der Waals surface area contributed by atoms with Gasteiger partial charge in [0, 0.05) is 32.8 Å². The molecule has 0 amide bonds. The average molecular weight is 270 g/mol. The number of nitrogens with one attached hydrogen (secondary N) is 2. The highest BCUT2D eigenvalue weighted by Crippen LogP contribution is 2.30. The van der Waals surface area contributed by atoms with E-state index >= 15 is 0 Å². The molecule has 4 nitrogen and oxygen atoms in total. The molecule has 0 aromatic heterocycles. The molecule has 0 spiro atoms. The molecule has 4 unspecified atom stereocenters. The van der Waals surface area contributed by atoms with E-state index < -0.39 is 0 Å². The lowest BCUT2D eigenvalue weighted by atomic mass is 9.79. The number of hydrogen-bond acceptors (Lipinski definition) is 4. The van der Waals surface area contributed by atoms with Gasteiger partial charge in [-0.3, -0.25) is 0 Å². The highest BCUT2D eigenvalue weighted by atomic mass is 16.5. The van der Waals surface area contributed by atoms with Gasteiger partial charge in [-0.05, 0) is 38.1 Å². The van der Waals surface area contributed by atoms with Crippen molar-refractivity contribution in [3.05, 3.63) is 0 Å². The third-order valence-corrected chi connectivity index (χ3v) is 4.73. The zero-order chi connectivity index (χ0) is 13.5. The lowest BCUT2D eigenvalue weighted by Gasteiger charge is -2.37. The maximum Gasteiger partial charge on any atom is 0.0928 e. The molecule has 2 N–H and O–H groups in total. The summed E-state index contributed by atoms with van der Waals surface area (Å²) in [6.45, 7) is 2.78. The Morgan fingerprint density at radius 1 is 1.16 bits per heavy atom. The smallest absolute Gasteiger partial charge is 0.0928 e. The summed E-state index contributed by atoms with van der Waals surface area (Å²) >= 11 is 0. The Kier molecular flexibility index (Phi) is 6.57. The van der Waals surface area contributed by atoms with E-state index in [2.05, 4.69) is 10.6 Å². The predicted molar refractivity (Wildman–Crippen MR) is 77.4 cm³/mol. The standard InChI is InChI=1S/C15H30N2O2/c1-18-11-12(19-2)10-17-15-7-4-3-6-13(15)14-8-5-9-16-14/h12-17H,3-11H2,1-2H3. The summed E-state index contributed by atoms with van der Waals surface area (Å²) in [7, 11) is 3.50. The molecule has 1 aliphatic heterocycles. The Morgan fingerprint density at radius 2 is 2.00 bits per heavy atom. The van der Waals surface area contributed by atoms with Crippen LogP contribution >= 0.6 is 0 Å². The monoisotopic (exact) mass is 270 g/mol. The third kappa shape index (κ3) is 4.42. The van der Waals surface area contributed by atoms with Crippen molar-refractivity contribution in [1.29, 1.82) is 0 Å². The molecule has 0 bridgehead atoms. The molecule has 0 radical (unpaired) electrons. The molecule has 0 aromatic rings. The van der Waals surface area contributed by atoms with Crippen molar-refractivity contribution in [3.63, 3.8) is 0 Å². The van der Waals surface area contributed by atoms with E-state index in [0.717, 1.165) is 18.5 Å². The summed E-state index contributed by atoms with van der Waals surface area (Å²) in [5.74, 6) is 0.802. The zero-order valence-corrected chi connectivity index (χ0v) is 12.5. The molecule has 19 heavy (non-hydrogen) atoms. The van der Waals surface area contributed by atoms with Gasteiger partial charge in [-0.15, -0.1) is 0 Å². The number of hydrogen-bond donors (Lipinski definition) is 2. The molecule has 2 rings (SSSR count). The Labute approximate surface area is 117 Å². The largest absolute Gasteiger partial charge is 0.382 e. The van der Waals surface area contributed by atoms with E-state index in [4.69, 9.17) is 9.47 Å². The highest BCUT2D eigenvalue weighted by molar-refractivity contribution is 4.91. The van der Waals surface area contributed by atoms with Crippen molar-refractivity contribution in [2.45, 2.75) is 56.7 Å². The van der Waals surface area contributed by atoms with Gasteiger partial charge in [0.1, 0.15) is 0 Å². The molecule has 1 saturated heterocycles. The summed E-state index contributed by atoms with van der Waals surface area (Å²) in [5.41, 5.74) is 0. The normalized spacial score (nSPS) is 33.5. The van der Waals surface area contributed by atoms with Crippen LogP contribution in [0.3, 0.4) is 0 Å². The Balaban J connectivity index is 1.81. The first-order valence-corrected chi connectivity index (χ1v) is 7.83. The van der Waals surface area contributed by atoms with Gasteiger partial charge >= 0.3 is 0 Å². The lowest BCUT2D eigenvalue weighted by Crippen LogP contribution is -2.49. The summed E-state index contributed by atoms with van der Waals surface area (Å²) in [6.07, 6.45) is 8.32. The fraction of sp³-hybridized carbons (Fsp3) is 1.00.